The molecular weight excluding hydrogens is 236 g/mol. The minimum atomic E-state index is -0.0995. The van der Waals surface area contributed by atoms with Crippen molar-refractivity contribution in [2.24, 2.45) is 0 Å². The smallest absolute Gasteiger partial charge is 0.274 e. The van der Waals surface area contributed by atoms with E-state index in [-0.39, 0.29) is 5.56 Å². The molecule has 0 unspecified atom stereocenters. The molecule has 0 amide bonds. The van der Waals surface area contributed by atoms with Crippen molar-refractivity contribution in [3.8, 4) is 11.3 Å². The summed E-state index contributed by atoms with van der Waals surface area (Å²) in [5.41, 5.74) is 10.4. The summed E-state index contributed by atoms with van der Waals surface area (Å²) in [6.45, 7) is 6.91. The van der Waals surface area contributed by atoms with Crippen molar-refractivity contribution in [3.05, 3.63) is 51.8 Å². The highest BCUT2D eigenvalue weighted by Crippen LogP contribution is 2.22. The van der Waals surface area contributed by atoms with E-state index in [4.69, 9.17) is 5.73 Å². The van der Waals surface area contributed by atoms with Crippen LogP contribution in [0.4, 0.5) is 5.69 Å². The molecule has 0 atom stereocenters. The van der Waals surface area contributed by atoms with Crippen LogP contribution in [0.25, 0.3) is 11.3 Å². The fourth-order valence-electron chi connectivity index (χ4n) is 2.19. The second-order valence-electron chi connectivity index (χ2n) is 4.93. The topological polar surface area (TPSA) is 48.0 Å². The number of benzene rings is 1. The zero-order chi connectivity index (χ0) is 14.0. The Bertz CT molecular complexity index is 656. The van der Waals surface area contributed by atoms with Crippen LogP contribution in [0.1, 0.15) is 24.5 Å². The van der Waals surface area contributed by atoms with Gasteiger partial charge in [-0.1, -0.05) is 19.1 Å². The molecule has 0 radical (unpaired) electrons. The van der Waals surface area contributed by atoms with Crippen molar-refractivity contribution in [1.29, 1.82) is 0 Å². The predicted molar refractivity (Wildman–Crippen MR) is 80.3 cm³/mol. The number of pyridine rings is 1. The van der Waals surface area contributed by atoms with Crippen LogP contribution in [-0.2, 0) is 6.54 Å². The van der Waals surface area contributed by atoms with E-state index >= 15 is 0 Å². The minimum Gasteiger partial charge on any atom is -0.394 e. The van der Waals surface area contributed by atoms with Crippen molar-refractivity contribution < 1.29 is 0 Å². The lowest BCUT2D eigenvalue weighted by Gasteiger charge is -2.14. The molecule has 0 aliphatic heterocycles. The van der Waals surface area contributed by atoms with Crippen LogP contribution in [0.15, 0.2) is 35.1 Å². The fourth-order valence-corrected chi connectivity index (χ4v) is 2.19. The van der Waals surface area contributed by atoms with Crippen LogP contribution in [0, 0.1) is 13.8 Å². The number of anilines is 1. The van der Waals surface area contributed by atoms with Crippen molar-refractivity contribution in [2.45, 2.75) is 33.7 Å². The lowest BCUT2D eigenvalue weighted by molar-refractivity contribution is 0.663. The van der Waals surface area contributed by atoms with Gasteiger partial charge in [0.1, 0.15) is 0 Å². The van der Waals surface area contributed by atoms with Crippen LogP contribution in [0.2, 0.25) is 0 Å². The number of hydrogen-bond donors (Lipinski definition) is 1. The Labute approximate surface area is 113 Å². The lowest BCUT2D eigenvalue weighted by Crippen LogP contribution is -2.24. The molecule has 0 saturated carbocycles. The Balaban J connectivity index is 2.64. The summed E-state index contributed by atoms with van der Waals surface area (Å²) >= 11 is 0. The molecule has 2 N–H and O–H groups in total. The fraction of sp³-hybridized carbons (Fsp3) is 0.312. The summed E-state index contributed by atoms with van der Waals surface area (Å²) in [7, 11) is 0. The van der Waals surface area contributed by atoms with Crippen LogP contribution in [-0.4, -0.2) is 4.57 Å². The summed E-state index contributed by atoms with van der Waals surface area (Å²) < 4.78 is 1.76. The molecule has 0 spiro atoms. The van der Waals surface area contributed by atoms with E-state index in [0.29, 0.717) is 12.2 Å². The largest absolute Gasteiger partial charge is 0.394 e. The molecule has 3 heteroatoms. The number of nitrogens with zero attached hydrogens (tertiary/aromatic N) is 1. The first-order valence-electron chi connectivity index (χ1n) is 6.61. The first kappa shape index (κ1) is 13.4. The highest BCUT2D eigenvalue weighted by Gasteiger charge is 2.08. The second-order valence-corrected chi connectivity index (χ2v) is 4.93. The molecule has 100 valence electrons. The molecule has 0 aliphatic carbocycles. The summed E-state index contributed by atoms with van der Waals surface area (Å²) in [5, 5.41) is 0. The van der Waals surface area contributed by atoms with E-state index in [1.807, 2.05) is 6.07 Å². The predicted octanol–water partition coefficient (Wildman–Crippen LogP) is 3.12. The van der Waals surface area contributed by atoms with E-state index in [0.717, 1.165) is 17.7 Å². The molecule has 2 rings (SSSR count). The zero-order valence-electron chi connectivity index (χ0n) is 11.7. The Morgan fingerprint density at radius 1 is 1.11 bits per heavy atom. The Morgan fingerprint density at radius 3 is 2.47 bits per heavy atom. The SMILES string of the molecule is CCCn1c(-c2ccc(C)c(C)c2)ccc(N)c1=O. The van der Waals surface area contributed by atoms with Gasteiger partial charge >= 0.3 is 0 Å². The first-order valence-corrected chi connectivity index (χ1v) is 6.61. The summed E-state index contributed by atoms with van der Waals surface area (Å²) in [4.78, 5) is 12.1. The average Bonchev–Trinajstić information content (AvgIpc) is 2.39. The van der Waals surface area contributed by atoms with Gasteiger partial charge < -0.3 is 10.3 Å². The molecule has 0 fully saturated rings. The van der Waals surface area contributed by atoms with Crippen molar-refractivity contribution in [1.82, 2.24) is 4.57 Å². The molecule has 19 heavy (non-hydrogen) atoms. The Morgan fingerprint density at radius 2 is 1.84 bits per heavy atom. The van der Waals surface area contributed by atoms with E-state index < -0.39 is 0 Å². The van der Waals surface area contributed by atoms with Crippen molar-refractivity contribution >= 4 is 5.69 Å². The van der Waals surface area contributed by atoms with E-state index in [1.165, 1.54) is 11.1 Å². The van der Waals surface area contributed by atoms with Crippen molar-refractivity contribution in [3.63, 3.8) is 0 Å². The molecule has 0 aliphatic rings. The van der Waals surface area contributed by atoms with Crippen LogP contribution >= 0.6 is 0 Å². The Kier molecular flexibility index (Phi) is 3.74. The third-order valence-corrected chi connectivity index (χ3v) is 3.45. The van der Waals surface area contributed by atoms with Crippen molar-refractivity contribution in [2.75, 3.05) is 5.73 Å². The third kappa shape index (κ3) is 2.55. The summed E-state index contributed by atoms with van der Waals surface area (Å²) in [6, 6.07) is 9.88. The molecule has 1 aromatic heterocycles. The van der Waals surface area contributed by atoms with Gasteiger partial charge in [0.25, 0.3) is 5.56 Å². The molecular formula is C16H20N2O. The number of nitrogens with two attached hydrogens (primary N) is 1. The number of rotatable bonds is 3. The van der Waals surface area contributed by atoms with Gasteiger partial charge in [-0.05, 0) is 55.2 Å². The standard InChI is InChI=1S/C16H20N2O/c1-4-9-18-15(8-7-14(17)16(18)19)13-6-5-11(2)12(3)10-13/h5-8,10H,4,9,17H2,1-3H3. The summed E-state index contributed by atoms with van der Waals surface area (Å²) in [5.74, 6) is 0. The Hall–Kier alpha value is -2.03. The van der Waals surface area contributed by atoms with Gasteiger partial charge in [0, 0.05) is 6.54 Å². The van der Waals surface area contributed by atoms with Crippen LogP contribution in [0.3, 0.4) is 0 Å². The van der Waals surface area contributed by atoms with E-state index in [2.05, 4.69) is 39.0 Å². The molecule has 2 aromatic rings. The highest BCUT2D eigenvalue weighted by atomic mass is 16.1. The highest BCUT2D eigenvalue weighted by molar-refractivity contribution is 5.63. The average molecular weight is 256 g/mol. The number of nitrogen functional groups attached to an aromatic ring is 1. The number of hydrogen-bond acceptors (Lipinski definition) is 2. The molecule has 1 aromatic carbocycles. The number of aromatic nitrogens is 1. The van der Waals surface area contributed by atoms with E-state index in [1.54, 1.807) is 10.6 Å². The zero-order valence-corrected chi connectivity index (χ0v) is 11.7. The van der Waals surface area contributed by atoms with Gasteiger partial charge in [-0.25, -0.2) is 0 Å². The molecule has 0 bridgehead atoms. The molecule has 3 nitrogen and oxygen atoms in total. The molecule has 1 heterocycles. The molecule has 0 saturated heterocycles. The normalized spacial score (nSPS) is 10.7. The van der Waals surface area contributed by atoms with Gasteiger partial charge in [0.2, 0.25) is 0 Å². The number of aryl methyl sites for hydroxylation is 2. The second kappa shape index (κ2) is 5.31. The maximum Gasteiger partial charge on any atom is 0.274 e. The maximum absolute atomic E-state index is 12.1. The first-order chi connectivity index (χ1) is 9.04. The van der Waals surface area contributed by atoms with Gasteiger partial charge in [-0.2, -0.15) is 0 Å². The van der Waals surface area contributed by atoms with Crippen LogP contribution in [0.5, 0.6) is 0 Å². The third-order valence-electron chi connectivity index (χ3n) is 3.45. The minimum absolute atomic E-state index is 0.0995. The van der Waals surface area contributed by atoms with Gasteiger partial charge in [-0.15, -0.1) is 0 Å². The monoisotopic (exact) mass is 256 g/mol. The van der Waals surface area contributed by atoms with Gasteiger partial charge in [0.05, 0.1) is 11.4 Å². The van der Waals surface area contributed by atoms with Gasteiger partial charge in [0.15, 0.2) is 0 Å². The summed E-state index contributed by atoms with van der Waals surface area (Å²) in [6.07, 6.45) is 0.904. The van der Waals surface area contributed by atoms with E-state index in [9.17, 15) is 4.79 Å². The van der Waals surface area contributed by atoms with Crippen LogP contribution < -0.4 is 11.3 Å². The lowest BCUT2D eigenvalue weighted by atomic mass is 10.0. The maximum atomic E-state index is 12.1. The quantitative estimate of drug-likeness (QED) is 0.917. The van der Waals surface area contributed by atoms with Gasteiger partial charge in [-0.3, -0.25) is 4.79 Å².